The normalized spacial score (nSPS) is 30.3. The highest BCUT2D eigenvalue weighted by Gasteiger charge is 2.52. The van der Waals surface area contributed by atoms with Crippen molar-refractivity contribution in [1.82, 2.24) is 0 Å². The molecule has 4 heteroatoms. The van der Waals surface area contributed by atoms with E-state index >= 15 is 0 Å². The standard InChI is InChI=1S/C19H23BrO3/c1-9(2)11-5-6-19(4)8-13(21)17(22)14-12(15(11)19)7-10(3)16(20)18(14)23/h7,9,11,15,23H,5-6,8H2,1-4H3/t11-,15-,19+/m1/s1. The van der Waals surface area contributed by atoms with Crippen molar-refractivity contribution >= 4 is 27.5 Å². The molecule has 0 unspecified atom stereocenters. The molecule has 1 aromatic carbocycles. The molecule has 0 bridgehead atoms. The van der Waals surface area contributed by atoms with Crippen molar-refractivity contribution in [3.63, 3.8) is 0 Å². The molecule has 1 fully saturated rings. The van der Waals surface area contributed by atoms with Crippen molar-refractivity contribution in [2.45, 2.75) is 52.9 Å². The Hall–Kier alpha value is -1.16. The molecule has 3 rings (SSSR count). The first kappa shape index (κ1) is 16.7. The average Bonchev–Trinajstić information content (AvgIpc) is 2.77. The fraction of sp³-hybridized carbons (Fsp3) is 0.579. The van der Waals surface area contributed by atoms with Crippen LogP contribution in [0.15, 0.2) is 10.5 Å². The number of carbonyl (C=O) groups excluding carboxylic acids is 2. The van der Waals surface area contributed by atoms with Crippen LogP contribution in [-0.2, 0) is 4.79 Å². The molecule has 2 aliphatic rings. The van der Waals surface area contributed by atoms with E-state index in [9.17, 15) is 14.7 Å². The second-order valence-corrected chi connectivity index (χ2v) is 8.62. The molecule has 1 N–H and O–H groups in total. The topological polar surface area (TPSA) is 54.4 Å². The Balaban J connectivity index is 2.33. The number of halogens is 1. The summed E-state index contributed by atoms with van der Waals surface area (Å²) >= 11 is 3.35. The molecule has 0 radical (unpaired) electrons. The van der Waals surface area contributed by atoms with Gasteiger partial charge in [0, 0.05) is 6.42 Å². The van der Waals surface area contributed by atoms with Crippen molar-refractivity contribution in [1.29, 1.82) is 0 Å². The number of hydrogen-bond donors (Lipinski definition) is 1. The average molecular weight is 379 g/mol. The SMILES string of the molecule is Cc1cc2c(c(O)c1Br)C(=O)C(=O)C[C@]1(C)CC[C@H](C(C)C)[C@H]21. The molecule has 1 aromatic rings. The van der Waals surface area contributed by atoms with Crippen LogP contribution in [0.5, 0.6) is 5.75 Å². The maximum absolute atomic E-state index is 12.6. The van der Waals surface area contributed by atoms with E-state index in [-0.39, 0.29) is 34.8 Å². The molecule has 1 saturated carbocycles. The summed E-state index contributed by atoms with van der Waals surface area (Å²) in [4.78, 5) is 25.1. The molecule has 0 aromatic heterocycles. The predicted octanol–water partition coefficient (Wildman–Crippen LogP) is 4.77. The third-order valence-corrected chi connectivity index (χ3v) is 6.92. The van der Waals surface area contributed by atoms with Gasteiger partial charge in [-0.05, 0) is 70.0 Å². The summed E-state index contributed by atoms with van der Waals surface area (Å²) in [5.74, 6) is 0.0761. The minimum absolute atomic E-state index is 0.0722. The molecule has 0 spiro atoms. The molecule has 124 valence electrons. The summed E-state index contributed by atoms with van der Waals surface area (Å²) in [5.41, 5.74) is 1.81. The Kier molecular flexibility index (Phi) is 3.95. The van der Waals surface area contributed by atoms with Crippen LogP contribution in [0.4, 0.5) is 0 Å². The van der Waals surface area contributed by atoms with Crippen LogP contribution in [0.25, 0.3) is 0 Å². The zero-order chi connectivity index (χ0) is 17.1. The van der Waals surface area contributed by atoms with Gasteiger partial charge < -0.3 is 5.11 Å². The molecule has 3 atom stereocenters. The molecule has 0 amide bonds. The molecule has 0 heterocycles. The van der Waals surface area contributed by atoms with Crippen molar-refractivity contribution in [2.75, 3.05) is 0 Å². The lowest BCUT2D eigenvalue weighted by atomic mass is 9.69. The number of ketones is 2. The lowest BCUT2D eigenvalue weighted by Gasteiger charge is -2.35. The summed E-state index contributed by atoms with van der Waals surface area (Å²) in [7, 11) is 0. The lowest BCUT2D eigenvalue weighted by Crippen LogP contribution is -2.27. The minimum Gasteiger partial charge on any atom is -0.506 e. The van der Waals surface area contributed by atoms with Crippen molar-refractivity contribution in [3.8, 4) is 5.75 Å². The summed E-state index contributed by atoms with van der Waals surface area (Å²) in [5, 5.41) is 10.5. The van der Waals surface area contributed by atoms with Gasteiger partial charge in [-0.3, -0.25) is 9.59 Å². The predicted molar refractivity (Wildman–Crippen MR) is 92.9 cm³/mol. The van der Waals surface area contributed by atoms with Gasteiger partial charge in [0.1, 0.15) is 5.75 Å². The maximum atomic E-state index is 12.6. The van der Waals surface area contributed by atoms with Gasteiger partial charge in [-0.15, -0.1) is 0 Å². The number of phenols is 1. The van der Waals surface area contributed by atoms with Crippen LogP contribution in [0.3, 0.4) is 0 Å². The first-order valence-electron chi connectivity index (χ1n) is 8.27. The maximum Gasteiger partial charge on any atom is 0.232 e. The highest BCUT2D eigenvalue weighted by molar-refractivity contribution is 9.10. The zero-order valence-corrected chi connectivity index (χ0v) is 15.7. The van der Waals surface area contributed by atoms with Crippen LogP contribution in [0.1, 0.15) is 67.4 Å². The second kappa shape index (κ2) is 5.44. The highest BCUT2D eigenvalue weighted by atomic mass is 79.9. The smallest absolute Gasteiger partial charge is 0.232 e. The van der Waals surface area contributed by atoms with Crippen LogP contribution in [0.2, 0.25) is 0 Å². The monoisotopic (exact) mass is 378 g/mol. The van der Waals surface area contributed by atoms with Gasteiger partial charge in [-0.25, -0.2) is 0 Å². The number of Topliss-reactive ketones (excluding diaryl/α,β-unsaturated/α-hetero) is 2. The lowest BCUT2D eigenvalue weighted by molar-refractivity contribution is -0.117. The second-order valence-electron chi connectivity index (χ2n) is 7.83. The Morgan fingerprint density at radius 2 is 2.00 bits per heavy atom. The quantitative estimate of drug-likeness (QED) is 0.715. The number of benzene rings is 1. The Morgan fingerprint density at radius 3 is 2.61 bits per heavy atom. The van der Waals surface area contributed by atoms with E-state index in [0.717, 1.165) is 24.0 Å². The number of aromatic hydroxyl groups is 1. The summed E-state index contributed by atoms with van der Waals surface area (Å²) < 4.78 is 0.514. The largest absolute Gasteiger partial charge is 0.506 e. The van der Waals surface area contributed by atoms with Gasteiger partial charge in [-0.2, -0.15) is 0 Å². The number of rotatable bonds is 1. The molecule has 2 aliphatic carbocycles. The van der Waals surface area contributed by atoms with Gasteiger partial charge >= 0.3 is 0 Å². The Morgan fingerprint density at radius 1 is 1.35 bits per heavy atom. The molecule has 3 nitrogen and oxygen atoms in total. The van der Waals surface area contributed by atoms with Gasteiger partial charge in [0.05, 0.1) is 10.0 Å². The van der Waals surface area contributed by atoms with Crippen molar-refractivity contribution in [2.24, 2.45) is 17.3 Å². The molecular formula is C19H23BrO3. The van der Waals surface area contributed by atoms with Crippen molar-refractivity contribution < 1.29 is 14.7 Å². The van der Waals surface area contributed by atoms with Gasteiger partial charge in [-0.1, -0.05) is 26.8 Å². The van der Waals surface area contributed by atoms with Gasteiger partial charge in [0.15, 0.2) is 0 Å². The van der Waals surface area contributed by atoms with Crippen LogP contribution in [-0.4, -0.2) is 16.7 Å². The van der Waals surface area contributed by atoms with Gasteiger partial charge in [0.2, 0.25) is 11.6 Å². The first-order chi connectivity index (χ1) is 10.7. The summed E-state index contributed by atoms with van der Waals surface area (Å²) in [6.45, 7) is 8.46. The molecule has 23 heavy (non-hydrogen) atoms. The number of phenolic OH excluding ortho intramolecular Hbond substituents is 1. The fourth-order valence-corrected chi connectivity index (χ4v) is 5.04. The molecular weight excluding hydrogens is 356 g/mol. The fourth-order valence-electron chi connectivity index (χ4n) is 4.73. The summed E-state index contributed by atoms with van der Waals surface area (Å²) in [6, 6.07) is 2.00. The van der Waals surface area contributed by atoms with E-state index in [1.54, 1.807) is 0 Å². The molecule has 0 aliphatic heterocycles. The van der Waals surface area contributed by atoms with E-state index < -0.39 is 5.78 Å². The number of fused-ring (bicyclic) bond motifs is 3. The van der Waals surface area contributed by atoms with Crippen LogP contribution < -0.4 is 0 Å². The van der Waals surface area contributed by atoms with E-state index in [1.807, 2.05) is 13.0 Å². The summed E-state index contributed by atoms with van der Waals surface area (Å²) in [6.07, 6.45) is 2.30. The number of aryl methyl sites for hydroxylation is 1. The van der Waals surface area contributed by atoms with Crippen LogP contribution >= 0.6 is 15.9 Å². The Labute approximate surface area is 145 Å². The Bertz CT molecular complexity index is 707. The first-order valence-corrected chi connectivity index (χ1v) is 9.06. The highest BCUT2D eigenvalue weighted by Crippen LogP contribution is 2.59. The van der Waals surface area contributed by atoms with Gasteiger partial charge in [0.25, 0.3) is 0 Å². The third-order valence-electron chi connectivity index (χ3n) is 5.92. The van der Waals surface area contributed by atoms with Crippen molar-refractivity contribution in [3.05, 3.63) is 27.2 Å². The number of carbonyl (C=O) groups is 2. The third kappa shape index (κ3) is 2.37. The zero-order valence-electron chi connectivity index (χ0n) is 14.1. The van der Waals surface area contributed by atoms with E-state index in [4.69, 9.17) is 0 Å². The van der Waals surface area contributed by atoms with E-state index in [1.165, 1.54) is 0 Å². The number of hydrogen-bond acceptors (Lipinski definition) is 3. The van der Waals surface area contributed by atoms with E-state index in [2.05, 4.69) is 36.7 Å². The molecule has 0 saturated heterocycles. The van der Waals surface area contributed by atoms with Crippen LogP contribution in [0, 0.1) is 24.2 Å². The van der Waals surface area contributed by atoms with E-state index in [0.29, 0.717) is 16.3 Å². The minimum atomic E-state index is -0.531.